The fraction of sp³-hybridized carbons (Fsp3) is 0.455. The van der Waals surface area contributed by atoms with Gasteiger partial charge >= 0.3 is 0 Å². The van der Waals surface area contributed by atoms with Crippen LogP contribution in [0.4, 0.5) is 0 Å². The van der Waals surface area contributed by atoms with Crippen LogP contribution in [-0.2, 0) is 4.74 Å². The molecule has 0 spiro atoms. The largest absolute Gasteiger partial charge is 0.381 e. The molecule has 5 heteroatoms. The molecular weight excluding hydrogens is 336 g/mol. The van der Waals surface area contributed by atoms with Crippen LogP contribution in [0.15, 0.2) is 48.9 Å². The van der Waals surface area contributed by atoms with E-state index < -0.39 is 0 Å². The van der Waals surface area contributed by atoms with Gasteiger partial charge in [0, 0.05) is 67.9 Å². The molecule has 0 radical (unpaired) electrons. The molecule has 0 bridgehead atoms. The average molecular weight is 362 g/mol. The topological polar surface area (TPSA) is 43.2 Å². The third kappa shape index (κ3) is 3.26. The number of fused-ring (bicyclic) bond motifs is 1. The van der Waals surface area contributed by atoms with Crippen molar-refractivity contribution in [3.8, 4) is 11.4 Å². The zero-order chi connectivity index (χ0) is 18.1. The first-order valence-electron chi connectivity index (χ1n) is 10.1. The molecule has 0 unspecified atom stereocenters. The van der Waals surface area contributed by atoms with Gasteiger partial charge in [0.25, 0.3) is 0 Å². The highest BCUT2D eigenvalue weighted by Gasteiger charge is 2.28. The maximum Gasteiger partial charge on any atom is 0.140 e. The van der Waals surface area contributed by atoms with Crippen LogP contribution in [0.1, 0.15) is 31.7 Å². The zero-order valence-corrected chi connectivity index (χ0v) is 15.6. The number of pyridine rings is 1. The van der Waals surface area contributed by atoms with Crippen molar-refractivity contribution in [2.24, 2.45) is 0 Å². The summed E-state index contributed by atoms with van der Waals surface area (Å²) in [6.07, 6.45) is 10.7. The Morgan fingerprint density at radius 3 is 2.56 bits per heavy atom. The van der Waals surface area contributed by atoms with Gasteiger partial charge in [-0.05, 0) is 37.8 Å². The van der Waals surface area contributed by atoms with Crippen molar-refractivity contribution in [2.75, 3.05) is 26.3 Å². The van der Waals surface area contributed by atoms with Gasteiger partial charge < -0.3 is 14.2 Å². The second kappa shape index (κ2) is 7.41. The van der Waals surface area contributed by atoms with Gasteiger partial charge in [0.15, 0.2) is 0 Å². The number of aromatic nitrogens is 3. The van der Waals surface area contributed by atoms with Crippen molar-refractivity contribution in [1.82, 2.24) is 19.4 Å². The Balaban J connectivity index is 1.38. The molecule has 5 nitrogen and oxygen atoms in total. The molecule has 4 heterocycles. The Kier molecular flexibility index (Phi) is 4.64. The summed E-state index contributed by atoms with van der Waals surface area (Å²) in [5.74, 6) is 1.07. The van der Waals surface area contributed by atoms with Crippen LogP contribution in [0.2, 0.25) is 0 Å². The molecular formula is C22H26N4O. The van der Waals surface area contributed by atoms with Crippen molar-refractivity contribution >= 4 is 10.9 Å². The number of piperidine rings is 1. The zero-order valence-electron chi connectivity index (χ0n) is 15.6. The molecule has 5 rings (SSSR count). The van der Waals surface area contributed by atoms with Crippen LogP contribution < -0.4 is 0 Å². The molecule has 0 saturated carbocycles. The van der Waals surface area contributed by atoms with E-state index in [1.165, 1.54) is 49.7 Å². The van der Waals surface area contributed by atoms with Gasteiger partial charge in [0.1, 0.15) is 5.82 Å². The van der Waals surface area contributed by atoms with Crippen molar-refractivity contribution < 1.29 is 4.74 Å². The Bertz CT molecular complexity index is 902. The van der Waals surface area contributed by atoms with E-state index in [9.17, 15) is 0 Å². The van der Waals surface area contributed by atoms with Crippen molar-refractivity contribution in [2.45, 2.75) is 37.8 Å². The van der Waals surface area contributed by atoms with E-state index in [4.69, 9.17) is 9.72 Å². The monoisotopic (exact) mass is 362 g/mol. The molecule has 27 heavy (non-hydrogen) atoms. The van der Waals surface area contributed by atoms with E-state index in [0.29, 0.717) is 12.1 Å². The maximum absolute atomic E-state index is 5.53. The molecule has 2 aliphatic heterocycles. The molecule has 2 aromatic heterocycles. The van der Waals surface area contributed by atoms with E-state index in [-0.39, 0.29) is 0 Å². The molecule has 0 N–H and O–H groups in total. The third-order valence-electron chi connectivity index (χ3n) is 6.15. The summed E-state index contributed by atoms with van der Waals surface area (Å²) in [6, 6.07) is 11.7. The fourth-order valence-electron chi connectivity index (χ4n) is 4.69. The van der Waals surface area contributed by atoms with Crippen molar-refractivity contribution in [3.05, 3.63) is 48.9 Å². The van der Waals surface area contributed by atoms with E-state index in [0.717, 1.165) is 24.6 Å². The van der Waals surface area contributed by atoms with E-state index in [1.807, 2.05) is 18.5 Å². The normalized spacial score (nSPS) is 20.3. The fourth-order valence-corrected chi connectivity index (χ4v) is 4.69. The molecule has 140 valence electrons. The average Bonchev–Trinajstić information content (AvgIpc) is 3.24. The molecule has 0 atom stereocenters. The number of likely N-dealkylation sites (tertiary alicyclic amines) is 1. The molecule has 3 aromatic rings. The summed E-state index contributed by atoms with van der Waals surface area (Å²) in [4.78, 5) is 11.9. The minimum Gasteiger partial charge on any atom is -0.381 e. The first-order chi connectivity index (χ1) is 13.4. The number of hydrogen-bond donors (Lipinski definition) is 0. The molecule has 0 aliphatic carbocycles. The SMILES string of the molecule is c1cc(-c2nccn2C2CCN(C3CCOCC3)CC2)c2cccnc2c1. The molecule has 2 saturated heterocycles. The maximum atomic E-state index is 5.53. The Morgan fingerprint density at radius 2 is 1.70 bits per heavy atom. The summed E-state index contributed by atoms with van der Waals surface area (Å²) in [6.45, 7) is 4.19. The van der Waals surface area contributed by atoms with E-state index in [1.54, 1.807) is 0 Å². The number of ether oxygens (including phenoxy) is 1. The Labute approximate surface area is 160 Å². The summed E-state index contributed by atoms with van der Waals surface area (Å²) < 4.78 is 7.92. The number of nitrogens with zero attached hydrogens (tertiary/aromatic N) is 4. The summed E-state index contributed by atoms with van der Waals surface area (Å²) in [5, 5.41) is 1.17. The second-order valence-electron chi connectivity index (χ2n) is 7.64. The molecule has 2 aliphatic rings. The van der Waals surface area contributed by atoms with Gasteiger partial charge in [-0.1, -0.05) is 18.2 Å². The van der Waals surface area contributed by atoms with Crippen LogP contribution >= 0.6 is 0 Å². The van der Waals surface area contributed by atoms with E-state index in [2.05, 4.69) is 44.9 Å². The number of hydrogen-bond acceptors (Lipinski definition) is 4. The third-order valence-corrected chi connectivity index (χ3v) is 6.15. The minimum atomic E-state index is 0.519. The lowest BCUT2D eigenvalue weighted by Crippen LogP contribution is -2.44. The van der Waals surface area contributed by atoms with E-state index >= 15 is 0 Å². The van der Waals surface area contributed by atoms with Gasteiger partial charge in [-0.25, -0.2) is 4.98 Å². The van der Waals surface area contributed by atoms with Gasteiger partial charge in [0.2, 0.25) is 0 Å². The summed E-state index contributed by atoms with van der Waals surface area (Å²) >= 11 is 0. The van der Waals surface area contributed by atoms with Crippen molar-refractivity contribution in [3.63, 3.8) is 0 Å². The first kappa shape index (κ1) is 16.9. The van der Waals surface area contributed by atoms with Crippen LogP contribution in [-0.4, -0.2) is 51.8 Å². The van der Waals surface area contributed by atoms with Gasteiger partial charge in [0.05, 0.1) is 5.52 Å². The highest BCUT2D eigenvalue weighted by atomic mass is 16.5. The van der Waals surface area contributed by atoms with Crippen LogP contribution in [0.25, 0.3) is 22.3 Å². The molecule has 1 aromatic carbocycles. The predicted molar refractivity (Wildman–Crippen MR) is 107 cm³/mol. The lowest BCUT2D eigenvalue weighted by atomic mass is 9.99. The number of rotatable bonds is 3. The molecule has 0 amide bonds. The Hall–Kier alpha value is -2.24. The highest BCUT2D eigenvalue weighted by Crippen LogP contribution is 2.32. The second-order valence-corrected chi connectivity index (χ2v) is 7.64. The van der Waals surface area contributed by atoms with Crippen LogP contribution in [0.3, 0.4) is 0 Å². The van der Waals surface area contributed by atoms with Crippen molar-refractivity contribution in [1.29, 1.82) is 0 Å². The highest BCUT2D eigenvalue weighted by molar-refractivity contribution is 5.92. The standard InChI is InChI=1S/C22H26N4O/c1-3-20(19-4-2-10-23-21(19)5-1)22-24-11-14-26(22)18-6-12-25(13-7-18)17-8-15-27-16-9-17/h1-5,10-11,14,17-18H,6-9,12-13,15-16H2. The number of benzene rings is 1. The molecule has 2 fully saturated rings. The first-order valence-corrected chi connectivity index (χ1v) is 10.1. The van der Waals surface area contributed by atoms with Crippen LogP contribution in [0, 0.1) is 0 Å². The lowest BCUT2D eigenvalue weighted by Gasteiger charge is -2.39. The predicted octanol–water partition coefficient (Wildman–Crippen LogP) is 3.91. The van der Waals surface area contributed by atoms with Gasteiger partial charge in [-0.15, -0.1) is 0 Å². The minimum absolute atomic E-state index is 0.519. The smallest absolute Gasteiger partial charge is 0.140 e. The number of imidazole rings is 1. The Morgan fingerprint density at radius 1 is 0.852 bits per heavy atom. The van der Waals surface area contributed by atoms with Gasteiger partial charge in [-0.2, -0.15) is 0 Å². The summed E-state index contributed by atoms with van der Waals surface area (Å²) in [7, 11) is 0. The van der Waals surface area contributed by atoms with Crippen LogP contribution in [0.5, 0.6) is 0 Å². The quantitative estimate of drug-likeness (QED) is 0.708. The summed E-state index contributed by atoms with van der Waals surface area (Å²) in [5.41, 5.74) is 2.20. The van der Waals surface area contributed by atoms with Gasteiger partial charge in [-0.3, -0.25) is 4.98 Å². The lowest BCUT2D eigenvalue weighted by molar-refractivity contribution is 0.0220.